The molecule has 0 atom stereocenters. The Labute approximate surface area is 124 Å². The summed E-state index contributed by atoms with van der Waals surface area (Å²) in [6, 6.07) is 15.6. The Morgan fingerprint density at radius 1 is 1.10 bits per heavy atom. The molecule has 0 fully saturated rings. The Bertz CT molecular complexity index is 997. The fourth-order valence-electron chi connectivity index (χ4n) is 2.35. The van der Waals surface area contributed by atoms with E-state index in [9.17, 15) is 4.79 Å². The summed E-state index contributed by atoms with van der Waals surface area (Å²) in [5.74, 6) is 0. The van der Waals surface area contributed by atoms with Crippen molar-refractivity contribution in [3.05, 3.63) is 64.5 Å². The van der Waals surface area contributed by atoms with Gasteiger partial charge < -0.3 is 4.42 Å². The number of para-hydroxylation sites is 1. The van der Waals surface area contributed by atoms with Gasteiger partial charge >= 0.3 is 5.63 Å². The number of rotatable bonds is 1. The molecule has 0 spiro atoms. The first-order chi connectivity index (χ1) is 10.2. The molecule has 3 nitrogen and oxygen atoms in total. The van der Waals surface area contributed by atoms with E-state index in [0.29, 0.717) is 16.2 Å². The van der Waals surface area contributed by atoms with E-state index in [1.54, 1.807) is 0 Å². The lowest BCUT2D eigenvalue weighted by Crippen LogP contribution is -2.02. The smallest absolute Gasteiger partial charge is 0.346 e. The van der Waals surface area contributed by atoms with Crippen LogP contribution in [0.5, 0.6) is 0 Å². The Morgan fingerprint density at radius 2 is 1.95 bits per heavy atom. The van der Waals surface area contributed by atoms with Crippen LogP contribution >= 0.6 is 11.3 Å². The van der Waals surface area contributed by atoms with Gasteiger partial charge in [0.2, 0.25) is 0 Å². The van der Waals surface area contributed by atoms with Gasteiger partial charge in [0.15, 0.2) is 0 Å². The molecule has 0 bridgehead atoms. The van der Waals surface area contributed by atoms with E-state index in [2.05, 4.69) is 4.98 Å². The normalized spacial score (nSPS) is 11.3. The van der Waals surface area contributed by atoms with E-state index in [-0.39, 0.29) is 5.63 Å². The molecule has 0 unspecified atom stereocenters. The summed E-state index contributed by atoms with van der Waals surface area (Å²) in [5, 5.41) is 1.61. The van der Waals surface area contributed by atoms with Crippen LogP contribution in [0.2, 0.25) is 0 Å². The number of nitrogens with zero attached hydrogens (tertiary/aromatic N) is 1. The van der Waals surface area contributed by atoms with Gasteiger partial charge in [0.25, 0.3) is 0 Å². The van der Waals surface area contributed by atoms with Gasteiger partial charge in [0, 0.05) is 5.39 Å². The molecule has 0 aliphatic carbocycles. The molecule has 0 aliphatic rings. The molecule has 0 amide bonds. The Kier molecular flexibility index (Phi) is 2.65. The van der Waals surface area contributed by atoms with Gasteiger partial charge in [-0.1, -0.05) is 24.3 Å². The van der Waals surface area contributed by atoms with Crippen LogP contribution in [0.15, 0.2) is 57.7 Å². The molecule has 102 valence electrons. The molecule has 4 rings (SSSR count). The third-order valence-corrected chi connectivity index (χ3v) is 4.49. The lowest BCUT2D eigenvalue weighted by molar-refractivity contribution is 0.563. The van der Waals surface area contributed by atoms with Crippen molar-refractivity contribution in [3.8, 4) is 10.6 Å². The molecule has 0 aliphatic heterocycles. The summed E-state index contributed by atoms with van der Waals surface area (Å²) < 4.78 is 6.50. The van der Waals surface area contributed by atoms with E-state index < -0.39 is 0 Å². The van der Waals surface area contributed by atoms with Crippen LogP contribution in [0.1, 0.15) is 5.56 Å². The topological polar surface area (TPSA) is 43.1 Å². The predicted octanol–water partition coefficient (Wildman–Crippen LogP) is 4.38. The number of aromatic nitrogens is 1. The van der Waals surface area contributed by atoms with Crippen molar-refractivity contribution >= 4 is 32.5 Å². The van der Waals surface area contributed by atoms with E-state index >= 15 is 0 Å². The van der Waals surface area contributed by atoms with Gasteiger partial charge in [-0.25, -0.2) is 9.78 Å². The van der Waals surface area contributed by atoms with Gasteiger partial charge in [-0.2, -0.15) is 0 Å². The van der Waals surface area contributed by atoms with E-state index in [4.69, 9.17) is 4.42 Å². The SMILES string of the molecule is Cc1ccc2cc(-c3nc4ccccc4s3)c(=O)oc2c1. The minimum absolute atomic E-state index is 0.341. The van der Waals surface area contributed by atoms with Crippen LogP contribution in [0.25, 0.3) is 31.8 Å². The van der Waals surface area contributed by atoms with Crippen LogP contribution in [0, 0.1) is 6.92 Å². The standard InChI is InChI=1S/C17H11NO2S/c1-10-6-7-11-9-12(17(19)20-14(11)8-10)16-18-13-4-2-3-5-15(13)21-16/h2-9H,1H3. The summed E-state index contributed by atoms with van der Waals surface area (Å²) in [6.07, 6.45) is 0. The molecule has 21 heavy (non-hydrogen) atoms. The zero-order valence-corrected chi connectivity index (χ0v) is 12.1. The summed E-state index contributed by atoms with van der Waals surface area (Å²) in [7, 11) is 0. The van der Waals surface area contributed by atoms with Crippen molar-refractivity contribution in [2.24, 2.45) is 0 Å². The van der Waals surface area contributed by atoms with Crippen LogP contribution in [-0.2, 0) is 0 Å². The molecule has 0 radical (unpaired) electrons. The molecule has 0 saturated heterocycles. The minimum Gasteiger partial charge on any atom is -0.422 e. The van der Waals surface area contributed by atoms with Crippen molar-refractivity contribution < 1.29 is 4.42 Å². The Hall–Kier alpha value is -2.46. The summed E-state index contributed by atoms with van der Waals surface area (Å²) in [6.45, 7) is 1.97. The van der Waals surface area contributed by atoms with E-state index in [1.165, 1.54) is 11.3 Å². The number of fused-ring (bicyclic) bond motifs is 2. The molecular formula is C17H11NO2S. The zero-order chi connectivity index (χ0) is 14.4. The van der Waals surface area contributed by atoms with Gasteiger partial charge in [0.05, 0.1) is 15.8 Å². The second kappa shape index (κ2) is 4.53. The maximum absolute atomic E-state index is 12.2. The second-order valence-corrected chi connectivity index (χ2v) is 6.01. The monoisotopic (exact) mass is 293 g/mol. The molecule has 2 aromatic carbocycles. The van der Waals surface area contributed by atoms with Crippen LogP contribution < -0.4 is 5.63 Å². The average Bonchev–Trinajstić information content (AvgIpc) is 2.90. The molecule has 2 heterocycles. The van der Waals surface area contributed by atoms with Crippen LogP contribution in [0.4, 0.5) is 0 Å². The lowest BCUT2D eigenvalue weighted by atomic mass is 10.1. The van der Waals surface area contributed by atoms with Crippen molar-refractivity contribution in [3.63, 3.8) is 0 Å². The first-order valence-electron chi connectivity index (χ1n) is 6.61. The highest BCUT2D eigenvalue weighted by atomic mass is 32.1. The molecular weight excluding hydrogens is 282 g/mol. The van der Waals surface area contributed by atoms with Crippen molar-refractivity contribution in [2.75, 3.05) is 0 Å². The summed E-state index contributed by atoms with van der Waals surface area (Å²) >= 11 is 1.51. The summed E-state index contributed by atoms with van der Waals surface area (Å²) in [5.41, 5.74) is 2.77. The second-order valence-electron chi connectivity index (χ2n) is 4.98. The highest BCUT2D eigenvalue weighted by molar-refractivity contribution is 7.21. The summed E-state index contributed by atoms with van der Waals surface area (Å²) in [4.78, 5) is 16.7. The zero-order valence-electron chi connectivity index (χ0n) is 11.3. The molecule has 0 saturated carbocycles. The molecule has 0 N–H and O–H groups in total. The van der Waals surface area contributed by atoms with Crippen molar-refractivity contribution in [1.29, 1.82) is 0 Å². The van der Waals surface area contributed by atoms with Gasteiger partial charge in [0.1, 0.15) is 10.6 Å². The maximum Gasteiger partial charge on any atom is 0.346 e. The van der Waals surface area contributed by atoms with E-state index in [0.717, 1.165) is 21.2 Å². The first kappa shape index (κ1) is 12.3. The van der Waals surface area contributed by atoms with Crippen LogP contribution in [0.3, 0.4) is 0 Å². The molecule has 2 aromatic heterocycles. The predicted molar refractivity (Wildman–Crippen MR) is 85.8 cm³/mol. The molecule has 4 aromatic rings. The maximum atomic E-state index is 12.2. The number of hydrogen-bond acceptors (Lipinski definition) is 4. The largest absolute Gasteiger partial charge is 0.422 e. The third kappa shape index (κ3) is 2.04. The van der Waals surface area contributed by atoms with Crippen molar-refractivity contribution in [2.45, 2.75) is 6.92 Å². The lowest BCUT2D eigenvalue weighted by Gasteiger charge is -2.00. The highest BCUT2D eigenvalue weighted by Gasteiger charge is 2.12. The quantitative estimate of drug-likeness (QED) is 0.489. The Balaban J connectivity index is 1.99. The van der Waals surface area contributed by atoms with Crippen LogP contribution in [-0.4, -0.2) is 4.98 Å². The van der Waals surface area contributed by atoms with Gasteiger partial charge in [-0.15, -0.1) is 11.3 Å². The number of benzene rings is 2. The Morgan fingerprint density at radius 3 is 2.81 bits per heavy atom. The highest BCUT2D eigenvalue weighted by Crippen LogP contribution is 2.29. The number of aryl methyl sites for hydroxylation is 1. The number of thiazole rings is 1. The van der Waals surface area contributed by atoms with Gasteiger partial charge in [-0.3, -0.25) is 0 Å². The minimum atomic E-state index is -0.341. The average molecular weight is 293 g/mol. The van der Waals surface area contributed by atoms with Gasteiger partial charge in [-0.05, 0) is 36.8 Å². The fraction of sp³-hybridized carbons (Fsp3) is 0.0588. The first-order valence-corrected chi connectivity index (χ1v) is 7.43. The van der Waals surface area contributed by atoms with Crippen molar-refractivity contribution in [1.82, 2.24) is 4.98 Å². The number of hydrogen-bond donors (Lipinski definition) is 0. The van der Waals surface area contributed by atoms with E-state index in [1.807, 2.05) is 55.5 Å². The third-order valence-electron chi connectivity index (χ3n) is 3.42. The molecule has 4 heteroatoms. The fourth-order valence-corrected chi connectivity index (χ4v) is 3.32.